The van der Waals surface area contributed by atoms with Gasteiger partial charge in [-0.1, -0.05) is 0 Å². The highest BCUT2D eigenvalue weighted by molar-refractivity contribution is 5.88. The fraction of sp³-hybridized carbons (Fsp3) is 0.438. The van der Waals surface area contributed by atoms with E-state index < -0.39 is 16.8 Å². The lowest BCUT2D eigenvalue weighted by molar-refractivity contribution is 0.429. The maximum atomic E-state index is 14.6. The quantitative estimate of drug-likeness (QED) is 0.741. The average Bonchev–Trinajstić information content (AvgIpc) is 3.15. The highest BCUT2D eigenvalue weighted by Gasteiger charge is 2.28. The molecule has 24 heavy (non-hydrogen) atoms. The first-order valence-electron chi connectivity index (χ1n) is 8.01. The molecule has 0 saturated heterocycles. The van der Waals surface area contributed by atoms with Crippen LogP contribution >= 0.6 is 0 Å². The van der Waals surface area contributed by atoms with Gasteiger partial charge in [0.1, 0.15) is 11.5 Å². The van der Waals surface area contributed by atoms with Gasteiger partial charge >= 0.3 is 0 Å². The summed E-state index contributed by atoms with van der Waals surface area (Å²) >= 11 is 0. The molecule has 7 nitrogen and oxygen atoms in total. The van der Waals surface area contributed by atoms with Gasteiger partial charge in [-0.15, -0.1) is 0 Å². The SMILES string of the molecule is CCn1c2nc(C3CCC(N)C3)c(F)cc2c(=O)c2c(=O)[nH]oc21. The van der Waals surface area contributed by atoms with Crippen molar-refractivity contribution in [3.8, 4) is 0 Å². The van der Waals surface area contributed by atoms with E-state index in [1.54, 1.807) is 4.57 Å². The zero-order chi connectivity index (χ0) is 17.0. The maximum absolute atomic E-state index is 14.6. The predicted molar refractivity (Wildman–Crippen MR) is 86.6 cm³/mol. The van der Waals surface area contributed by atoms with Crippen molar-refractivity contribution >= 4 is 22.1 Å². The first kappa shape index (κ1) is 15.1. The van der Waals surface area contributed by atoms with Crippen molar-refractivity contribution in [1.29, 1.82) is 0 Å². The van der Waals surface area contributed by atoms with Gasteiger partial charge < -0.3 is 10.3 Å². The third-order valence-electron chi connectivity index (χ3n) is 4.81. The molecule has 126 valence electrons. The number of H-pyrrole nitrogens is 1. The van der Waals surface area contributed by atoms with Gasteiger partial charge in [-0.3, -0.25) is 14.2 Å². The molecule has 4 rings (SSSR count). The molecule has 1 fully saturated rings. The van der Waals surface area contributed by atoms with Crippen molar-refractivity contribution in [2.24, 2.45) is 5.73 Å². The van der Waals surface area contributed by atoms with E-state index in [2.05, 4.69) is 10.1 Å². The van der Waals surface area contributed by atoms with Crippen LogP contribution in [0.15, 0.2) is 20.2 Å². The largest absolute Gasteiger partial charge is 0.360 e. The van der Waals surface area contributed by atoms with Crippen LogP contribution in [0.2, 0.25) is 0 Å². The molecule has 0 radical (unpaired) electrons. The molecule has 0 bridgehead atoms. The lowest BCUT2D eigenvalue weighted by atomic mass is 10.0. The van der Waals surface area contributed by atoms with Gasteiger partial charge in [0.2, 0.25) is 11.1 Å². The minimum atomic E-state index is -0.620. The topological polar surface area (TPSA) is 107 Å². The fourth-order valence-corrected chi connectivity index (χ4v) is 3.63. The molecule has 2 unspecified atom stereocenters. The van der Waals surface area contributed by atoms with Crippen molar-refractivity contribution in [3.63, 3.8) is 0 Å². The molecular formula is C16H17FN4O3. The number of aromatic amines is 1. The van der Waals surface area contributed by atoms with Crippen LogP contribution in [-0.2, 0) is 6.54 Å². The summed E-state index contributed by atoms with van der Waals surface area (Å²) in [5, 5.41) is 2.14. The molecule has 3 heterocycles. The minimum Gasteiger partial charge on any atom is -0.360 e. The summed E-state index contributed by atoms with van der Waals surface area (Å²) in [6.07, 6.45) is 2.28. The number of aromatic nitrogens is 3. The molecule has 0 spiro atoms. The van der Waals surface area contributed by atoms with E-state index >= 15 is 0 Å². The Morgan fingerprint density at radius 3 is 2.92 bits per heavy atom. The molecule has 3 aromatic rings. The van der Waals surface area contributed by atoms with Crippen LogP contribution < -0.4 is 16.7 Å². The number of hydrogen-bond donors (Lipinski definition) is 2. The smallest absolute Gasteiger partial charge is 0.293 e. The summed E-state index contributed by atoms with van der Waals surface area (Å²) in [7, 11) is 0. The number of nitrogens with two attached hydrogens (primary N) is 1. The third-order valence-corrected chi connectivity index (χ3v) is 4.81. The molecule has 2 atom stereocenters. The van der Waals surface area contributed by atoms with Crippen LogP contribution in [0, 0.1) is 5.82 Å². The number of halogens is 1. The van der Waals surface area contributed by atoms with Crippen LogP contribution in [0.1, 0.15) is 37.8 Å². The van der Waals surface area contributed by atoms with Crippen LogP contribution in [0.3, 0.4) is 0 Å². The third kappa shape index (κ3) is 2.02. The first-order valence-corrected chi connectivity index (χ1v) is 8.01. The Labute approximate surface area is 135 Å². The zero-order valence-corrected chi connectivity index (χ0v) is 13.1. The number of hydrogen-bond acceptors (Lipinski definition) is 5. The van der Waals surface area contributed by atoms with E-state index in [9.17, 15) is 14.0 Å². The minimum absolute atomic E-state index is 0.0467. The lowest BCUT2D eigenvalue weighted by Gasteiger charge is -2.14. The van der Waals surface area contributed by atoms with Crippen molar-refractivity contribution in [2.75, 3.05) is 0 Å². The fourth-order valence-electron chi connectivity index (χ4n) is 3.63. The lowest BCUT2D eigenvalue weighted by Crippen LogP contribution is -2.18. The highest BCUT2D eigenvalue weighted by Crippen LogP contribution is 2.34. The second-order valence-corrected chi connectivity index (χ2v) is 6.28. The second-order valence-electron chi connectivity index (χ2n) is 6.28. The van der Waals surface area contributed by atoms with Crippen molar-refractivity contribution < 1.29 is 8.91 Å². The Balaban J connectivity index is 2.08. The molecule has 1 aliphatic carbocycles. The van der Waals surface area contributed by atoms with Gasteiger partial charge in [0.25, 0.3) is 5.56 Å². The van der Waals surface area contributed by atoms with Gasteiger partial charge in [-0.25, -0.2) is 9.37 Å². The van der Waals surface area contributed by atoms with Gasteiger partial charge in [0, 0.05) is 18.5 Å². The van der Waals surface area contributed by atoms with Crippen LogP contribution in [0.5, 0.6) is 0 Å². The van der Waals surface area contributed by atoms with Crippen LogP contribution in [0.4, 0.5) is 4.39 Å². The molecule has 8 heteroatoms. The number of aryl methyl sites for hydroxylation is 1. The molecule has 1 saturated carbocycles. The molecule has 0 aliphatic heterocycles. The van der Waals surface area contributed by atoms with Gasteiger partial charge in [-0.05, 0) is 32.3 Å². The van der Waals surface area contributed by atoms with Gasteiger partial charge in [0.05, 0.1) is 11.1 Å². The molecule has 0 aromatic carbocycles. The van der Waals surface area contributed by atoms with Crippen LogP contribution in [0.25, 0.3) is 22.1 Å². The Morgan fingerprint density at radius 2 is 2.25 bits per heavy atom. The number of nitrogens with one attached hydrogen (secondary N) is 1. The summed E-state index contributed by atoms with van der Waals surface area (Å²) in [4.78, 5) is 28.8. The first-order chi connectivity index (χ1) is 11.5. The van der Waals surface area contributed by atoms with E-state index in [0.29, 0.717) is 24.3 Å². The van der Waals surface area contributed by atoms with Gasteiger partial charge in [-0.2, -0.15) is 5.16 Å². The predicted octanol–water partition coefficient (Wildman–Crippen LogP) is 1.58. The highest BCUT2D eigenvalue weighted by atomic mass is 19.1. The Bertz CT molecular complexity index is 1070. The van der Waals surface area contributed by atoms with Crippen molar-refractivity contribution in [2.45, 2.75) is 44.7 Å². The summed E-state index contributed by atoms with van der Waals surface area (Å²) in [6.45, 7) is 2.27. The Hall–Kier alpha value is -2.48. The van der Waals surface area contributed by atoms with Crippen molar-refractivity contribution in [1.82, 2.24) is 14.7 Å². The van der Waals surface area contributed by atoms with Gasteiger partial charge in [0.15, 0.2) is 5.39 Å². The second kappa shape index (κ2) is 5.27. The molecule has 3 aromatic heterocycles. The number of rotatable bonds is 2. The molecular weight excluding hydrogens is 315 g/mol. The average molecular weight is 332 g/mol. The van der Waals surface area contributed by atoms with E-state index in [4.69, 9.17) is 10.3 Å². The summed E-state index contributed by atoms with van der Waals surface area (Å²) < 4.78 is 21.3. The summed E-state index contributed by atoms with van der Waals surface area (Å²) in [6, 6.07) is 1.23. The van der Waals surface area contributed by atoms with Crippen molar-refractivity contribution in [3.05, 3.63) is 38.2 Å². The van der Waals surface area contributed by atoms with E-state index in [1.165, 1.54) is 6.07 Å². The Morgan fingerprint density at radius 1 is 1.46 bits per heavy atom. The maximum Gasteiger partial charge on any atom is 0.293 e. The molecule has 1 aliphatic rings. The van der Waals surface area contributed by atoms with E-state index in [-0.39, 0.29) is 28.4 Å². The number of fused-ring (bicyclic) bond motifs is 2. The summed E-state index contributed by atoms with van der Waals surface area (Å²) in [5.41, 5.74) is 5.52. The standard InChI is InChI=1S/C16H17FN4O3/c1-2-21-14-9(13(22)11-15(23)20-24-16(11)21)6-10(17)12(19-14)7-3-4-8(18)5-7/h6-8H,2-5,18H2,1H3,(H,20,23). The van der Waals surface area contributed by atoms with E-state index in [0.717, 1.165) is 12.8 Å². The molecule has 0 amide bonds. The summed E-state index contributed by atoms with van der Waals surface area (Å²) in [5.74, 6) is -0.584. The number of nitrogens with zero attached hydrogens (tertiary/aromatic N) is 2. The normalized spacial score (nSPS) is 21.1. The van der Waals surface area contributed by atoms with E-state index in [1.807, 2.05) is 6.92 Å². The Kier molecular flexibility index (Phi) is 3.31. The van der Waals surface area contributed by atoms with Crippen LogP contribution in [-0.4, -0.2) is 20.7 Å². The monoisotopic (exact) mass is 332 g/mol. The zero-order valence-electron chi connectivity index (χ0n) is 13.1. The molecule has 3 N–H and O–H groups in total. The number of pyridine rings is 2.